The summed E-state index contributed by atoms with van der Waals surface area (Å²) in [5.74, 6) is 2.49. The fourth-order valence-corrected chi connectivity index (χ4v) is 2.35. The van der Waals surface area contributed by atoms with Crippen LogP contribution < -0.4 is 10.1 Å². The average Bonchev–Trinajstić information content (AvgIpc) is 2.95. The van der Waals surface area contributed by atoms with Crippen molar-refractivity contribution in [1.82, 2.24) is 15.0 Å². The first kappa shape index (κ1) is 16.3. The van der Waals surface area contributed by atoms with Crippen molar-refractivity contribution in [2.45, 2.75) is 20.4 Å². The van der Waals surface area contributed by atoms with E-state index in [0.29, 0.717) is 35.8 Å². The Bertz CT molecular complexity index is 818. The second-order valence-corrected chi connectivity index (χ2v) is 5.49. The highest BCUT2D eigenvalue weighted by Crippen LogP contribution is 2.26. The van der Waals surface area contributed by atoms with Crippen molar-refractivity contribution in [3.63, 3.8) is 0 Å². The van der Waals surface area contributed by atoms with Gasteiger partial charge in [0.25, 0.3) is 0 Å². The van der Waals surface area contributed by atoms with Gasteiger partial charge in [-0.1, -0.05) is 11.6 Å². The van der Waals surface area contributed by atoms with E-state index in [1.54, 1.807) is 6.07 Å². The Balaban J connectivity index is 1.71. The Labute approximate surface area is 144 Å². The van der Waals surface area contributed by atoms with Crippen LogP contribution in [0.2, 0.25) is 5.02 Å². The molecule has 2 heterocycles. The zero-order valence-corrected chi connectivity index (χ0v) is 14.2. The van der Waals surface area contributed by atoms with E-state index in [1.165, 1.54) is 6.33 Å². The second-order valence-electron chi connectivity index (χ2n) is 5.06. The fraction of sp³-hybridized carbons (Fsp3) is 0.235. The number of anilines is 1. The maximum atomic E-state index is 5.92. The largest absolute Gasteiger partial charge is 0.478 e. The Morgan fingerprint density at radius 3 is 2.75 bits per heavy atom. The van der Waals surface area contributed by atoms with Gasteiger partial charge in [0.15, 0.2) is 5.76 Å². The van der Waals surface area contributed by atoms with Crippen molar-refractivity contribution in [2.75, 3.05) is 11.9 Å². The average molecular weight is 345 g/mol. The van der Waals surface area contributed by atoms with Crippen LogP contribution in [0.15, 0.2) is 41.1 Å². The van der Waals surface area contributed by atoms with Gasteiger partial charge in [-0.15, -0.1) is 0 Å². The highest BCUT2D eigenvalue weighted by atomic mass is 35.5. The molecule has 0 spiro atoms. The molecule has 6 nitrogen and oxygen atoms in total. The van der Waals surface area contributed by atoms with E-state index in [-0.39, 0.29) is 0 Å². The van der Waals surface area contributed by atoms with Crippen LogP contribution in [0.1, 0.15) is 18.5 Å². The molecule has 0 radical (unpaired) electrons. The van der Waals surface area contributed by atoms with Crippen LogP contribution in [0.25, 0.3) is 11.3 Å². The van der Waals surface area contributed by atoms with E-state index in [9.17, 15) is 0 Å². The first-order valence-electron chi connectivity index (χ1n) is 7.56. The molecule has 7 heteroatoms. The van der Waals surface area contributed by atoms with Gasteiger partial charge < -0.3 is 14.5 Å². The second kappa shape index (κ2) is 7.31. The van der Waals surface area contributed by atoms with E-state index in [2.05, 4.69) is 20.3 Å². The lowest BCUT2D eigenvalue weighted by atomic mass is 10.1. The van der Waals surface area contributed by atoms with Crippen LogP contribution in [0.5, 0.6) is 5.88 Å². The maximum Gasteiger partial charge on any atom is 0.218 e. The first-order chi connectivity index (χ1) is 11.7. The Morgan fingerprint density at radius 1 is 1.21 bits per heavy atom. The van der Waals surface area contributed by atoms with Crippen molar-refractivity contribution in [1.29, 1.82) is 0 Å². The molecule has 0 aliphatic carbocycles. The smallest absolute Gasteiger partial charge is 0.218 e. The molecule has 0 saturated carbocycles. The third-order valence-electron chi connectivity index (χ3n) is 3.30. The minimum atomic E-state index is 0.414. The van der Waals surface area contributed by atoms with Crippen molar-refractivity contribution in [2.24, 2.45) is 0 Å². The number of rotatable bonds is 6. The lowest BCUT2D eigenvalue weighted by molar-refractivity contribution is 0.326. The topological polar surface area (TPSA) is 73.1 Å². The van der Waals surface area contributed by atoms with Crippen molar-refractivity contribution >= 4 is 17.4 Å². The molecule has 1 aromatic carbocycles. The Kier molecular flexibility index (Phi) is 4.96. The highest BCUT2D eigenvalue weighted by molar-refractivity contribution is 6.30. The molecule has 1 N–H and O–H groups in total. The molecule has 0 amide bonds. The number of hydrogen-bond acceptors (Lipinski definition) is 6. The van der Waals surface area contributed by atoms with Gasteiger partial charge in [0, 0.05) is 16.7 Å². The fourth-order valence-electron chi connectivity index (χ4n) is 2.23. The number of aromatic nitrogens is 3. The monoisotopic (exact) mass is 344 g/mol. The predicted molar refractivity (Wildman–Crippen MR) is 92.2 cm³/mol. The van der Waals surface area contributed by atoms with Gasteiger partial charge in [0.1, 0.15) is 12.1 Å². The molecule has 0 saturated heterocycles. The van der Waals surface area contributed by atoms with Gasteiger partial charge in [-0.2, -0.15) is 0 Å². The molecular formula is C17H17ClN4O2. The molecule has 0 fully saturated rings. The Hall–Kier alpha value is -2.60. The summed E-state index contributed by atoms with van der Waals surface area (Å²) >= 11 is 5.92. The highest BCUT2D eigenvalue weighted by Gasteiger charge is 2.12. The molecule has 2 aromatic heterocycles. The SMILES string of the molecule is CCOc1cc(NCc2nc(C)c(-c3ccc(Cl)cc3)o2)ncn1. The molecule has 3 rings (SSSR count). The van der Waals surface area contributed by atoms with Gasteiger partial charge in [-0.05, 0) is 38.1 Å². The zero-order chi connectivity index (χ0) is 16.9. The van der Waals surface area contributed by atoms with E-state index in [1.807, 2.05) is 38.1 Å². The van der Waals surface area contributed by atoms with Gasteiger partial charge in [0.2, 0.25) is 11.8 Å². The first-order valence-corrected chi connectivity index (χ1v) is 7.94. The number of oxazole rings is 1. The van der Waals surface area contributed by atoms with Gasteiger partial charge >= 0.3 is 0 Å². The van der Waals surface area contributed by atoms with Crippen LogP contribution in [0, 0.1) is 6.92 Å². The molecule has 24 heavy (non-hydrogen) atoms. The summed E-state index contributed by atoms with van der Waals surface area (Å²) < 4.78 is 11.2. The van der Waals surface area contributed by atoms with E-state index in [4.69, 9.17) is 20.8 Å². The van der Waals surface area contributed by atoms with Crippen LogP contribution >= 0.6 is 11.6 Å². The van der Waals surface area contributed by atoms with E-state index < -0.39 is 0 Å². The van der Waals surface area contributed by atoms with Crippen LogP contribution in [0.4, 0.5) is 5.82 Å². The standard InChI is InChI=1S/C17H17ClN4O2/c1-3-23-15-8-14(20-10-21-15)19-9-16-22-11(2)17(24-16)12-4-6-13(18)7-5-12/h4-8,10H,3,9H2,1-2H3,(H,19,20,21). The number of nitrogens with zero attached hydrogens (tertiary/aromatic N) is 3. The lowest BCUT2D eigenvalue weighted by Gasteiger charge is -2.05. The molecule has 0 aliphatic heterocycles. The minimum absolute atomic E-state index is 0.414. The summed E-state index contributed by atoms with van der Waals surface area (Å²) in [6, 6.07) is 9.21. The van der Waals surface area contributed by atoms with Crippen LogP contribution in [0.3, 0.4) is 0 Å². The Morgan fingerprint density at radius 2 is 2.00 bits per heavy atom. The molecule has 0 unspecified atom stereocenters. The summed E-state index contributed by atoms with van der Waals surface area (Å²) in [7, 11) is 0. The minimum Gasteiger partial charge on any atom is -0.478 e. The van der Waals surface area contributed by atoms with Crippen molar-refractivity contribution < 1.29 is 9.15 Å². The quantitative estimate of drug-likeness (QED) is 0.725. The predicted octanol–water partition coefficient (Wildman–Crippen LogP) is 4.10. The van der Waals surface area contributed by atoms with Crippen molar-refractivity contribution in [3.05, 3.63) is 53.3 Å². The van der Waals surface area contributed by atoms with Gasteiger partial charge in [-0.3, -0.25) is 0 Å². The summed E-state index contributed by atoms with van der Waals surface area (Å²) in [6.07, 6.45) is 1.45. The van der Waals surface area contributed by atoms with Crippen LogP contribution in [-0.4, -0.2) is 21.6 Å². The molecular weight excluding hydrogens is 328 g/mol. The normalized spacial score (nSPS) is 10.6. The molecule has 0 aliphatic rings. The summed E-state index contributed by atoms with van der Waals surface area (Å²) in [4.78, 5) is 12.6. The third kappa shape index (κ3) is 3.83. The molecule has 0 atom stereocenters. The van der Waals surface area contributed by atoms with Gasteiger partial charge in [0.05, 0.1) is 18.8 Å². The van der Waals surface area contributed by atoms with E-state index >= 15 is 0 Å². The van der Waals surface area contributed by atoms with Crippen molar-refractivity contribution in [3.8, 4) is 17.2 Å². The zero-order valence-electron chi connectivity index (χ0n) is 13.4. The number of halogens is 1. The summed E-state index contributed by atoms with van der Waals surface area (Å²) in [5, 5.41) is 3.84. The molecule has 0 bridgehead atoms. The number of hydrogen-bond donors (Lipinski definition) is 1. The number of aryl methyl sites for hydroxylation is 1. The molecule has 3 aromatic rings. The summed E-state index contributed by atoms with van der Waals surface area (Å²) in [6.45, 7) is 4.79. The van der Waals surface area contributed by atoms with E-state index in [0.717, 1.165) is 17.0 Å². The van der Waals surface area contributed by atoms with Crippen LogP contribution in [-0.2, 0) is 6.54 Å². The maximum absolute atomic E-state index is 5.92. The number of nitrogens with one attached hydrogen (secondary N) is 1. The third-order valence-corrected chi connectivity index (χ3v) is 3.55. The number of benzene rings is 1. The number of ether oxygens (including phenoxy) is 1. The van der Waals surface area contributed by atoms with Gasteiger partial charge in [-0.25, -0.2) is 15.0 Å². The molecule has 124 valence electrons. The lowest BCUT2D eigenvalue weighted by Crippen LogP contribution is -2.03. The summed E-state index contributed by atoms with van der Waals surface area (Å²) in [5.41, 5.74) is 1.77.